The number of aryl methyl sites for hydroxylation is 1. The van der Waals surface area contributed by atoms with E-state index in [-0.39, 0.29) is 13.4 Å². The van der Waals surface area contributed by atoms with Crippen LogP contribution in [-0.4, -0.2) is 18.5 Å². The molecule has 4 heteroatoms. The molecule has 3 nitrogen and oxygen atoms in total. The van der Waals surface area contributed by atoms with Crippen molar-refractivity contribution in [1.29, 1.82) is 0 Å². The third-order valence-corrected chi connectivity index (χ3v) is 3.03. The Morgan fingerprint density at radius 2 is 2.21 bits per heavy atom. The normalized spacial score (nSPS) is 13.3. The summed E-state index contributed by atoms with van der Waals surface area (Å²) in [5, 5.41) is 8.74. The van der Waals surface area contributed by atoms with Crippen LogP contribution in [0, 0.1) is 0 Å². The van der Waals surface area contributed by atoms with E-state index in [1.54, 1.807) is 0 Å². The largest absolute Gasteiger partial charge is 0.454 e. The number of hydrogen-bond donors (Lipinski definition) is 1. The van der Waals surface area contributed by atoms with Crippen LogP contribution in [0.1, 0.15) is 12.0 Å². The molecule has 0 aliphatic carbocycles. The molecule has 0 unspecified atom stereocenters. The summed E-state index contributed by atoms with van der Waals surface area (Å²) in [5.74, 6) is 1.56. The highest BCUT2D eigenvalue weighted by Crippen LogP contribution is 2.41. The summed E-state index contributed by atoms with van der Waals surface area (Å²) in [6.45, 7) is 0.498. The number of ether oxygens (including phenoxy) is 2. The van der Waals surface area contributed by atoms with E-state index in [4.69, 9.17) is 14.6 Å². The summed E-state index contributed by atoms with van der Waals surface area (Å²) in [6, 6.07) is 3.90. The lowest BCUT2D eigenvalue weighted by atomic mass is 10.1. The van der Waals surface area contributed by atoms with Gasteiger partial charge < -0.3 is 14.6 Å². The van der Waals surface area contributed by atoms with E-state index in [1.807, 2.05) is 12.1 Å². The Hall–Kier alpha value is -0.740. The predicted octanol–water partition coefficient (Wildman–Crippen LogP) is 2.10. The molecule has 0 saturated heterocycles. The minimum absolute atomic E-state index is 0.209. The molecule has 2 rings (SSSR count). The van der Waals surface area contributed by atoms with Gasteiger partial charge in [0.2, 0.25) is 6.79 Å². The number of fused-ring (bicyclic) bond motifs is 1. The maximum atomic E-state index is 8.74. The predicted molar refractivity (Wildman–Crippen MR) is 55.7 cm³/mol. The molecule has 1 aliphatic rings. The van der Waals surface area contributed by atoms with Gasteiger partial charge in [-0.2, -0.15) is 0 Å². The first-order chi connectivity index (χ1) is 6.83. The van der Waals surface area contributed by atoms with Gasteiger partial charge in [-0.25, -0.2) is 0 Å². The number of aliphatic hydroxyl groups is 1. The van der Waals surface area contributed by atoms with Crippen molar-refractivity contribution in [1.82, 2.24) is 0 Å². The molecule has 1 heterocycles. The smallest absolute Gasteiger partial charge is 0.231 e. The summed E-state index contributed by atoms with van der Waals surface area (Å²) in [7, 11) is 0. The lowest BCUT2D eigenvalue weighted by Gasteiger charge is -2.05. The van der Waals surface area contributed by atoms with Gasteiger partial charge in [0, 0.05) is 6.61 Å². The van der Waals surface area contributed by atoms with Gasteiger partial charge in [-0.1, -0.05) is 6.07 Å². The van der Waals surface area contributed by atoms with Gasteiger partial charge in [0.15, 0.2) is 11.5 Å². The number of aliphatic hydroxyl groups excluding tert-OH is 1. The molecule has 1 N–H and O–H groups in total. The fraction of sp³-hybridized carbons (Fsp3) is 0.400. The fourth-order valence-electron chi connectivity index (χ4n) is 1.44. The minimum atomic E-state index is 0.209. The van der Waals surface area contributed by atoms with Gasteiger partial charge in [0.1, 0.15) is 0 Å². The molecule has 14 heavy (non-hydrogen) atoms. The average Bonchev–Trinajstić information content (AvgIpc) is 2.66. The van der Waals surface area contributed by atoms with E-state index in [0.29, 0.717) is 0 Å². The molecule has 0 spiro atoms. The Morgan fingerprint density at radius 3 is 3.00 bits per heavy atom. The quantitative estimate of drug-likeness (QED) is 0.903. The van der Waals surface area contributed by atoms with Crippen LogP contribution in [-0.2, 0) is 6.42 Å². The monoisotopic (exact) mass is 258 g/mol. The van der Waals surface area contributed by atoms with E-state index < -0.39 is 0 Å². The van der Waals surface area contributed by atoms with E-state index in [2.05, 4.69) is 15.9 Å². The molecule has 1 aliphatic heterocycles. The summed E-state index contributed by atoms with van der Waals surface area (Å²) >= 11 is 3.48. The number of hydrogen-bond acceptors (Lipinski definition) is 3. The molecule has 0 saturated carbocycles. The molecule has 1 aromatic carbocycles. The van der Waals surface area contributed by atoms with Crippen LogP contribution in [0.25, 0.3) is 0 Å². The zero-order chi connectivity index (χ0) is 9.97. The molecule has 0 fully saturated rings. The van der Waals surface area contributed by atoms with Crippen molar-refractivity contribution in [2.75, 3.05) is 13.4 Å². The summed E-state index contributed by atoms with van der Waals surface area (Å²) in [6.07, 6.45) is 1.60. The number of halogens is 1. The summed E-state index contributed by atoms with van der Waals surface area (Å²) < 4.78 is 11.5. The van der Waals surface area contributed by atoms with Crippen molar-refractivity contribution in [3.63, 3.8) is 0 Å². The molecule has 0 amide bonds. The van der Waals surface area contributed by atoms with E-state index in [9.17, 15) is 0 Å². The third kappa shape index (κ3) is 1.72. The molecule has 76 valence electrons. The van der Waals surface area contributed by atoms with Crippen LogP contribution >= 0.6 is 15.9 Å². The van der Waals surface area contributed by atoms with Gasteiger partial charge in [-0.05, 0) is 40.4 Å². The van der Waals surface area contributed by atoms with Gasteiger partial charge in [-0.15, -0.1) is 0 Å². The van der Waals surface area contributed by atoms with E-state index in [1.165, 1.54) is 0 Å². The molecule has 0 aromatic heterocycles. The fourth-order valence-corrected chi connectivity index (χ4v) is 2.08. The summed E-state index contributed by atoms with van der Waals surface area (Å²) in [4.78, 5) is 0. The zero-order valence-electron chi connectivity index (χ0n) is 7.62. The van der Waals surface area contributed by atoms with E-state index in [0.717, 1.165) is 34.4 Å². The molecule has 0 atom stereocenters. The molecular formula is C10H11BrO3. The Labute approximate surface area is 90.8 Å². The van der Waals surface area contributed by atoms with Crippen LogP contribution in [0.5, 0.6) is 11.5 Å². The summed E-state index contributed by atoms with van der Waals surface area (Å²) in [5.41, 5.74) is 1.14. The highest BCUT2D eigenvalue weighted by atomic mass is 79.9. The van der Waals surface area contributed by atoms with Crippen molar-refractivity contribution >= 4 is 15.9 Å². The van der Waals surface area contributed by atoms with Crippen LogP contribution in [0.2, 0.25) is 0 Å². The molecule has 0 bridgehead atoms. The minimum Gasteiger partial charge on any atom is -0.454 e. The standard InChI is InChI=1S/C10H11BrO3/c11-9-7(2-1-5-12)3-4-8-10(9)14-6-13-8/h3-4,12H,1-2,5-6H2. The van der Waals surface area contributed by atoms with Crippen molar-refractivity contribution < 1.29 is 14.6 Å². The van der Waals surface area contributed by atoms with Crippen LogP contribution in [0.4, 0.5) is 0 Å². The lowest BCUT2D eigenvalue weighted by Crippen LogP contribution is -1.94. The number of rotatable bonds is 3. The second-order valence-corrected chi connectivity index (χ2v) is 3.89. The Kier molecular flexibility index (Phi) is 2.93. The SMILES string of the molecule is OCCCc1ccc2c(c1Br)OCO2. The van der Waals surface area contributed by atoms with Crippen molar-refractivity contribution in [3.8, 4) is 11.5 Å². The second-order valence-electron chi connectivity index (χ2n) is 3.10. The van der Waals surface area contributed by atoms with Crippen molar-refractivity contribution in [2.24, 2.45) is 0 Å². The molecular weight excluding hydrogens is 248 g/mol. The number of benzene rings is 1. The van der Waals surface area contributed by atoms with Gasteiger partial charge in [0.25, 0.3) is 0 Å². The van der Waals surface area contributed by atoms with Crippen LogP contribution < -0.4 is 9.47 Å². The Balaban J connectivity index is 2.26. The maximum Gasteiger partial charge on any atom is 0.231 e. The average molecular weight is 259 g/mol. The first-order valence-corrected chi connectivity index (χ1v) is 5.30. The Morgan fingerprint density at radius 1 is 1.36 bits per heavy atom. The van der Waals surface area contributed by atoms with Gasteiger partial charge in [0.05, 0.1) is 4.47 Å². The van der Waals surface area contributed by atoms with Crippen LogP contribution in [0.15, 0.2) is 16.6 Å². The van der Waals surface area contributed by atoms with Gasteiger partial charge in [-0.3, -0.25) is 0 Å². The molecule has 1 aromatic rings. The first-order valence-electron chi connectivity index (χ1n) is 4.51. The maximum absolute atomic E-state index is 8.74. The molecule has 0 radical (unpaired) electrons. The third-order valence-electron chi connectivity index (χ3n) is 2.16. The lowest BCUT2D eigenvalue weighted by molar-refractivity contribution is 0.173. The van der Waals surface area contributed by atoms with Crippen LogP contribution in [0.3, 0.4) is 0 Å². The zero-order valence-corrected chi connectivity index (χ0v) is 9.21. The highest BCUT2D eigenvalue weighted by Gasteiger charge is 2.18. The van der Waals surface area contributed by atoms with Crippen molar-refractivity contribution in [3.05, 3.63) is 22.2 Å². The van der Waals surface area contributed by atoms with E-state index >= 15 is 0 Å². The topological polar surface area (TPSA) is 38.7 Å². The first kappa shape index (κ1) is 9.80. The highest BCUT2D eigenvalue weighted by molar-refractivity contribution is 9.10. The Bertz CT molecular complexity index is 338. The van der Waals surface area contributed by atoms with Crippen molar-refractivity contribution in [2.45, 2.75) is 12.8 Å². The van der Waals surface area contributed by atoms with Gasteiger partial charge >= 0.3 is 0 Å². The second kappa shape index (κ2) is 4.19.